The van der Waals surface area contributed by atoms with E-state index in [1.165, 1.54) is 6.20 Å². The van der Waals surface area contributed by atoms with Gasteiger partial charge in [0.05, 0.1) is 25.4 Å². The fourth-order valence-corrected chi connectivity index (χ4v) is 6.26. The minimum absolute atomic E-state index is 0.00789. The number of likely N-dealkylation sites (N-methyl/N-ethyl adjacent to an activating group) is 2. The monoisotopic (exact) mass is 771 g/mol. The van der Waals surface area contributed by atoms with E-state index < -0.39 is 60.0 Å². The molecule has 2 heterocycles. The number of nitrogens with zero attached hydrogens (tertiary/aromatic N) is 3. The Morgan fingerprint density at radius 2 is 1.52 bits per heavy atom. The zero-order valence-corrected chi connectivity index (χ0v) is 33.5. The highest BCUT2D eigenvalue weighted by molar-refractivity contribution is 7.13. The van der Waals surface area contributed by atoms with Crippen LogP contribution in [0.2, 0.25) is 0 Å². The highest BCUT2D eigenvalue weighted by Crippen LogP contribution is 2.29. The smallest absolute Gasteiger partial charge is 0.410 e. The first kappa shape index (κ1) is 44.0. The number of hydrogen-bond acceptors (Lipinski definition) is 11. The number of ketones is 1. The number of epoxide rings is 1. The minimum Gasteiger partial charge on any atom is -0.442 e. The van der Waals surface area contributed by atoms with Crippen molar-refractivity contribution in [2.75, 3.05) is 46.9 Å². The third-order valence-corrected chi connectivity index (χ3v) is 9.65. The molecule has 1 aromatic heterocycles. The van der Waals surface area contributed by atoms with Crippen LogP contribution in [0.3, 0.4) is 0 Å². The fourth-order valence-electron chi connectivity index (χ4n) is 5.52. The van der Waals surface area contributed by atoms with Gasteiger partial charge >= 0.3 is 6.09 Å². The SMILES string of the molecule is CCN(CCN(C)C)C(=O)OCc1ncc(C(=O)NCC(=O)NC(CC(C)C)C(=O)NC(Cc2ccccc2)C(=O)NC(CC(C)C)C(=O)C2(C)CO2)s1. The van der Waals surface area contributed by atoms with Gasteiger partial charge in [-0.1, -0.05) is 58.0 Å². The number of amides is 5. The molecule has 5 amide bonds. The van der Waals surface area contributed by atoms with Crippen molar-refractivity contribution in [3.63, 3.8) is 0 Å². The normalized spacial score (nSPS) is 16.6. The van der Waals surface area contributed by atoms with E-state index in [1.54, 1.807) is 11.8 Å². The van der Waals surface area contributed by atoms with Crippen LogP contribution in [-0.4, -0.2) is 121 Å². The molecule has 1 saturated heterocycles. The molecule has 15 nitrogen and oxygen atoms in total. The maximum Gasteiger partial charge on any atom is 0.410 e. The van der Waals surface area contributed by atoms with Gasteiger partial charge in [-0.25, -0.2) is 9.78 Å². The van der Waals surface area contributed by atoms with Crippen molar-refractivity contribution in [2.45, 2.75) is 91.1 Å². The van der Waals surface area contributed by atoms with Gasteiger partial charge in [0, 0.05) is 26.1 Å². The van der Waals surface area contributed by atoms with Crippen LogP contribution in [0.1, 0.15) is 74.6 Å². The summed E-state index contributed by atoms with van der Waals surface area (Å²) in [6.07, 6.45) is 1.67. The minimum atomic E-state index is -1.05. The molecule has 4 N–H and O–H groups in total. The van der Waals surface area contributed by atoms with E-state index in [9.17, 15) is 28.8 Å². The van der Waals surface area contributed by atoms with Gasteiger partial charge in [-0.05, 0) is 58.2 Å². The van der Waals surface area contributed by atoms with Crippen molar-refractivity contribution >= 4 is 46.8 Å². The molecular formula is C38H57N7O8S. The van der Waals surface area contributed by atoms with Crippen LogP contribution in [0.15, 0.2) is 36.5 Å². The molecule has 0 bridgehead atoms. The van der Waals surface area contributed by atoms with Crippen molar-refractivity contribution in [3.8, 4) is 0 Å². The number of thiazole rings is 1. The van der Waals surface area contributed by atoms with Crippen molar-refractivity contribution in [1.82, 2.24) is 36.1 Å². The van der Waals surface area contributed by atoms with Crippen LogP contribution in [0, 0.1) is 11.8 Å². The summed E-state index contributed by atoms with van der Waals surface area (Å²) < 4.78 is 10.7. The van der Waals surface area contributed by atoms with Crippen LogP contribution < -0.4 is 21.3 Å². The number of ether oxygens (including phenoxy) is 2. The molecule has 4 atom stereocenters. The van der Waals surface area contributed by atoms with Gasteiger partial charge in [-0.3, -0.25) is 24.0 Å². The number of benzene rings is 1. The zero-order valence-electron chi connectivity index (χ0n) is 32.7. The molecule has 1 aliphatic heterocycles. The van der Waals surface area contributed by atoms with Crippen LogP contribution >= 0.6 is 11.3 Å². The Morgan fingerprint density at radius 1 is 0.907 bits per heavy atom. The summed E-state index contributed by atoms with van der Waals surface area (Å²) in [6, 6.07) is 6.31. The lowest BCUT2D eigenvalue weighted by molar-refractivity contribution is -0.134. The van der Waals surface area contributed by atoms with Crippen molar-refractivity contribution in [1.29, 1.82) is 0 Å². The molecule has 1 aliphatic rings. The Labute approximate surface area is 322 Å². The average molecular weight is 772 g/mol. The highest BCUT2D eigenvalue weighted by atomic mass is 32.1. The summed E-state index contributed by atoms with van der Waals surface area (Å²) in [5.41, 5.74) is -0.145. The Bertz CT molecular complexity index is 1580. The van der Waals surface area contributed by atoms with E-state index >= 15 is 0 Å². The van der Waals surface area contributed by atoms with Gasteiger partial charge in [0.1, 0.15) is 34.2 Å². The van der Waals surface area contributed by atoms with Crippen molar-refractivity contribution in [2.24, 2.45) is 11.8 Å². The van der Waals surface area contributed by atoms with E-state index in [1.807, 2.05) is 83.9 Å². The first-order valence-corrected chi connectivity index (χ1v) is 19.2. The lowest BCUT2D eigenvalue weighted by Gasteiger charge is -2.27. The van der Waals surface area contributed by atoms with E-state index in [0.29, 0.717) is 31.1 Å². The number of carbonyl (C=O) groups excluding carboxylic acids is 6. The molecule has 0 saturated carbocycles. The summed E-state index contributed by atoms with van der Waals surface area (Å²) in [6.45, 7) is 12.7. The molecule has 16 heteroatoms. The van der Waals surface area contributed by atoms with Gasteiger partial charge < -0.3 is 40.5 Å². The Balaban J connectivity index is 1.62. The predicted octanol–water partition coefficient (Wildman–Crippen LogP) is 2.54. The number of aromatic nitrogens is 1. The van der Waals surface area contributed by atoms with E-state index in [4.69, 9.17) is 9.47 Å². The van der Waals surface area contributed by atoms with Crippen LogP contribution in [0.5, 0.6) is 0 Å². The molecule has 0 spiro atoms. The van der Waals surface area contributed by atoms with Gasteiger partial charge in [-0.15, -0.1) is 11.3 Å². The molecule has 1 aromatic carbocycles. The maximum atomic E-state index is 13.8. The standard InChI is InChI=1S/C38H57N7O8S/c1-9-45(16-15-44(7)8)37(51)52-22-32-39-20-30(54-32)36(50)40-21-31(46)41-28(18-25(4)5)34(48)43-29(19-26-13-11-10-12-14-26)35(49)42-27(17-24(2)3)33(47)38(6)23-53-38/h10-14,20,24-25,27-29H,9,15-19,21-23H2,1-8H3,(H,40,50)(H,41,46)(H,42,49)(H,43,48). The summed E-state index contributed by atoms with van der Waals surface area (Å²) in [7, 11) is 3.83. The summed E-state index contributed by atoms with van der Waals surface area (Å²) in [4.78, 5) is 87.1. The topological polar surface area (TPSA) is 192 Å². The van der Waals surface area contributed by atoms with E-state index in [0.717, 1.165) is 16.9 Å². The first-order valence-electron chi connectivity index (χ1n) is 18.4. The Kier molecular flexibility index (Phi) is 17.0. The maximum absolute atomic E-state index is 13.8. The quantitative estimate of drug-likeness (QED) is 0.129. The van der Waals surface area contributed by atoms with Gasteiger partial charge in [-0.2, -0.15) is 0 Å². The van der Waals surface area contributed by atoms with E-state index in [2.05, 4.69) is 26.3 Å². The van der Waals surface area contributed by atoms with Gasteiger partial charge in [0.25, 0.3) is 5.91 Å². The number of rotatable bonds is 22. The molecule has 4 unspecified atom stereocenters. The summed E-state index contributed by atoms with van der Waals surface area (Å²) in [5, 5.41) is 11.4. The molecule has 1 fully saturated rings. The Hall–Kier alpha value is -4.41. The van der Waals surface area contributed by atoms with Crippen LogP contribution in [0.25, 0.3) is 0 Å². The second-order valence-electron chi connectivity index (χ2n) is 14.8. The van der Waals surface area contributed by atoms with Gasteiger partial charge in [0.2, 0.25) is 17.7 Å². The number of nitrogens with one attached hydrogen (secondary N) is 4. The van der Waals surface area contributed by atoms with Crippen LogP contribution in [-0.2, 0) is 41.7 Å². The number of carbonyl (C=O) groups is 6. The molecule has 0 aliphatic carbocycles. The molecule has 54 heavy (non-hydrogen) atoms. The molecule has 2 aromatic rings. The Morgan fingerprint density at radius 3 is 2.11 bits per heavy atom. The third kappa shape index (κ3) is 14.4. The second kappa shape index (κ2) is 20.9. The highest BCUT2D eigenvalue weighted by Gasteiger charge is 2.50. The fraction of sp³-hybridized carbons (Fsp3) is 0.605. The lowest BCUT2D eigenvalue weighted by Crippen LogP contribution is -2.58. The number of Topliss-reactive ketones (excluding diaryl/α,β-unsaturated/α-hetero) is 1. The largest absolute Gasteiger partial charge is 0.442 e. The van der Waals surface area contributed by atoms with Gasteiger partial charge in [0.15, 0.2) is 5.78 Å². The number of hydrogen-bond donors (Lipinski definition) is 4. The molecule has 0 radical (unpaired) electrons. The summed E-state index contributed by atoms with van der Waals surface area (Å²) >= 11 is 1.03. The predicted molar refractivity (Wildman–Crippen MR) is 205 cm³/mol. The van der Waals surface area contributed by atoms with Crippen molar-refractivity contribution < 1.29 is 38.2 Å². The lowest BCUT2D eigenvalue weighted by atomic mass is 9.93. The first-order chi connectivity index (χ1) is 25.5. The average Bonchev–Trinajstić information content (AvgIpc) is 3.69. The zero-order chi connectivity index (χ0) is 40.0. The molecule has 298 valence electrons. The van der Waals surface area contributed by atoms with Crippen LogP contribution in [0.4, 0.5) is 4.79 Å². The molecule has 3 rings (SSSR count). The molecular weight excluding hydrogens is 715 g/mol. The summed E-state index contributed by atoms with van der Waals surface area (Å²) in [5.74, 6) is -2.38. The third-order valence-electron chi connectivity index (χ3n) is 8.68. The van der Waals surface area contributed by atoms with Crippen molar-refractivity contribution in [3.05, 3.63) is 52.0 Å². The second-order valence-corrected chi connectivity index (χ2v) is 15.9. The van der Waals surface area contributed by atoms with E-state index in [-0.39, 0.29) is 48.6 Å².